The van der Waals surface area contributed by atoms with Crippen molar-refractivity contribution in [2.45, 2.75) is 19.8 Å². The van der Waals surface area contributed by atoms with Crippen LogP contribution in [0.2, 0.25) is 0 Å². The second kappa shape index (κ2) is 8.77. The Labute approximate surface area is 169 Å². The third-order valence-electron chi connectivity index (χ3n) is 4.88. The first-order valence-corrected chi connectivity index (χ1v) is 9.33. The molecule has 2 aromatic carbocycles. The van der Waals surface area contributed by atoms with Crippen LogP contribution in [-0.4, -0.2) is 50.1 Å². The van der Waals surface area contributed by atoms with E-state index in [2.05, 4.69) is 0 Å². The molecule has 0 fully saturated rings. The zero-order valence-corrected chi connectivity index (χ0v) is 16.7. The maximum absolute atomic E-state index is 12.3. The summed E-state index contributed by atoms with van der Waals surface area (Å²) in [4.78, 5) is 38.2. The van der Waals surface area contributed by atoms with Crippen molar-refractivity contribution in [3.05, 3.63) is 58.7 Å². The van der Waals surface area contributed by atoms with Gasteiger partial charge in [-0.2, -0.15) is 0 Å². The number of imide groups is 1. The van der Waals surface area contributed by atoms with E-state index >= 15 is 0 Å². The van der Waals surface area contributed by atoms with Gasteiger partial charge in [-0.05, 0) is 44.0 Å². The first-order chi connectivity index (χ1) is 14.0. The molecule has 3 rings (SSSR count). The molecule has 0 N–H and O–H groups in total. The van der Waals surface area contributed by atoms with Crippen LogP contribution in [0.15, 0.2) is 36.4 Å². The number of carbonyl (C=O) groups is 3. The van der Waals surface area contributed by atoms with Crippen LogP contribution in [0.25, 0.3) is 0 Å². The maximum atomic E-state index is 12.3. The monoisotopic (exact) mass is 397 g/mol. The summed E-state index contributed by atoms with van der Waals surface area (Å²) in [5.74, 6) is 0.0501. The van der Waals surface area contributed by atoms with E-state index in [1.165, 1.54) is 19.1 Å². The summed E-state index contributed by atoms with van der Waals surface area (Å²) in [6.07, 6.45) is 1.07. The number of ether oxygens (including phenoxy) is 3. The van der Waals surface area contributed by atoms with Crippen molar-refractivity contribution >= 4 is 17.8 Å². The fourth-order valence-electron chi connectivity index (χ4n) is 3.27. The molecule has 152 valence electrons. The molecule has 7 nitrogen and oxygen atoms in total. The van der Waals surface area contributed by atoms with Crippen LogP contribution in [0.5, 0.6) is 11.5 Å². The summed E-state index contributed by atoms with van der Waals surface area (Å²) >= 11 is 0. The lowest BCUT2D eigenvalue weighted by molar-refractivity contribution is 0.0485. The van der Waals surface area contributed by atoms with Gasteiger partial charge in [-0.15, -0.1) is 0 Å². The minimum absolute atomic E-state index is 0.181. The quantitative estimate of drug-likeness (QED) is 0.386. The maximum Gasteiger partial charge on any atom is 0.338 e. The molecule has 0 unspecified atom stereocenters. The molecule has 7 heteroatoms. The number of esters is 1. The molecule has 0 saturated heterocycles. The summed E-state index contributed by atoms with van der Waals surface area (Å²) < 4.78 is 15.8. The number of benzene rings is 2. The highest BCUT2D eigenvalue weighted by molar-refractivity contribution is 6.21. The lowest BCUT2D eigenvalue weighted by Gasteiger charge is -2.14. The molecule has 0 saturated carbocycles. The van der Waals surface area contributed by atoms with E-state index < -0.39 is 5.97 Å². The van der Waals surface area contributed by atoms with Gasteiger partial charge in [-0.3, -0.25) is 14.5 Å². The van der Waals surface area contributed by atoms with E-state index in [1.54, 1.807) is 36.4 Å². The van der Waals surface area contributed by atoms with Crippen molar-refractivity contribution in [1.29, 1.82) is 0 Å². The Hall–Kier alpha value is -3.35. The molecular weight excluding hydrogens is 374 g/mol. The van der Waals surface area contributed by atoms with Crippen LogP contribution in [0, 0.1) is 6.92 Å². The van der Waals surface area contributed by atoms with Crippen LogP contribution in [0.1, 0.15) is 49.5 Å². The van der Waals surface area contributed by atoms with Crippen LogP contribution < -0.4 is 9.47 Å². The zero-order valence-electron chi connectivity index (χ0n) is 16.7. The van der Waals surface area contributed by atoms with Gasteiger partial charge in [0.2, 0.25) is 0 Å². The van der Waals surface area contributed by atoms with E-state index in [0.29, 0.717) is 41.0 Å². The van der Waals surface area contributed by atoms with Gasteiger partial charge < -0.3 is 14.2 Å². The van der Waals surface area contributed by atoms with Gasteiger partial charge in [0.05, 0.1) is 37.5 Å². The predicted octanol–water partition coefficient (Wildman–Crippen LogP) is 3.25. The number of fused-ring (bicyclic) bond motifs is 1. The second-order valence-corrected chi connectivity index (χ2v) is 6.66. The van der Waals surface area contributed by atoms with Crippen molar-refractivity contribution in [1.82, 2.24) is 4.90 Å². The Bertz CT molecular complexity index is 892. The smallest absolute Gasteiger partial charge is 0.338 e. The normalized spacial score (nSPS) is 12.7. The first-order valence-electron chi connectivity index (χ1n) is 9.33. The number of amides is 2. The van der Waals surface area contributed by atoms with Gasteiger partial charge in [-0.25, -0.2) is 4.79 Å². The van der Waals surface area contributed by atoms with Gasteiger partial charge in [0.25, 0.3) is 11.8 Å². The van der Waals surface area contributed by atoms with E-state index in [4.69, 9.17) is 14.2 Å². The fraction of sp³-hybridized carbons (Fsp3) is 0.318. The molecule has 0 aromatic heterocycles. The molecule has 0 atom stereocenters. The molecule has 0 radical (unpaired) electrons. The molecule has 0 spiro atoms. The van der Waals surface area contributed by atoms with E-state index in [9.17, 15) is 14.4 Å². The minimum Gasteiger partial charge on any atom is -0.496 e. The number of nitrogens with zero attached hydrogens (tertiary/aromatic N) is 1. The third-order valence-corrected chi connectivity index (χ3v) is 4.88. The average molecular weight is 397 g/mol. The van der Waals surface area contributed by atoms with Gasteiger partial charge >= 0.3 is 5.97 Å². The summed E-state index contributed by atoms with van der Waals surface area (Å²) in [5, 5.41) is 0. The molecule has 2 amide bonds. The van der Waals surface area contributed by atoms with Crippen LogP contribution in [0.3, 0.4) is 0 Å². The number of hydrogen-bond donors (Lipinski definition) is 0. The van der Waals surface area contributed by atoms with Crippen LogP contribution >= 0.6 is 0 Å². The largest absolute Gasteiger partial charge is 0.496 e. The van der Waals surface area contributed by atoms with Crippen molar-refractivity contribution in [2.75, 3.05) is 27.4 Å². The Morgan fingerprint density at radius 3 is 2.00 bits per heavy atom. The zero-order chi connectivity index (χ0) is 21.0. The highest BCUT2D eigenvalue weighted by Gasteiger charge is 2.34. The van der Waals surface area contributed by atoms with Crippen molar-refractivity contribution in [2.24, 2.45) is 0 Å². The predicted molar refractivity (Wildman–Crippen MR) is 106 cm³/mol. The Balaban J connectivity index is 1.50. The SMILES string of the molecule is COc1cc(C(=O)OCCCCN2C(=O)c3ccccc3C2=O)cc(OC)c1C. The van der Waals surface area contributed by atoms with E-state index in [0.717, 1.165) is 5.56 Å². The molecule has 1 aliphatic rings. The Kier molecular flexibility index (Phi) is 6.16. The lowest BCUT2D eigenvalue weighted by atomic mass is 10.1. The number of unbranched alkanes of at least 4 members (excludes halogenated alkanes) is 1. The van der Waals surface area contributed by atoms with Crippen LogP contribution in [0.4, 0.5) is 0 Å². The number of methoxy groups -OCH3 is 2. The lowest BCUT2D eigenvalue weighted by Crippen LogP contribution is -2.30. The molecule has 0 aliphatic carbocycles. The van der Waals surface area contributed by atoms with Gasteiger partial charge in [-0.1, -0.05) is 12.1 Å². The third kappa shape index (κ3) is 4.08. The molecule has 29 heavy (non-hydrogen) atoms. The average Bonchev–Trinajstić information content (AvgIpc) is 2.98. The number of carbonyl (C=O) groups excluding carboxylic acids is 3. The number of hydrogen-bond acceptors (Lipinski definition) is 6. The molecular formula is C22H23NO6. The summed E-state index contributed by atoms with van der Waals surface area (Å²) in [6.45, 7) is 2.31. The Morgan fingerprint density at radius 1 is 0.931 bits per heavy atom. The van der Waals surface area contributed by atoms with Gasteiger partial charge in [0, 0.05) is 12.1 Å². The van der Waals surface area contributed by atoms with E-state index in [1.807, 2.05) is 6.92 Å². The number of rotatable bonds is 8. The summed E-state index contributed by atoms with van der Waals surface area (Å²) in [6, 6.07) is 10.0. The molecule has 1 aliphatic heterocycles. The summed E-state index contributed by atoms with van der Waals surface area (Å²) in [5.41, 5.74) is 2.01. The topological polar surface area (TPSA) is 82.1 Å². The van der Waals surface area contributed by atoms with Crippen molar-refractivity contribution in [3.63, 3.8) is 0 Å². The van der Waals surface area contributed by atoms with Crippen LogP contribution in [-0.2, 0) is 4.74 Å². The first kappa shape index (κ1) is 20.4. The minimum atomic E-state index is -0.484. The van der Waals surface area contributed by atoms with Gasteiger partial charge in [0.15, 0.2) is 0 Å². The van der Waals surface area contributed by atoms with Crippen molar-refractivity contribution < 1.29 is 28.6 Å². The molecule has 1 heterocycles. The highest BCUT2D eigenvalue weighted by atomic mass is 16.5. The van der Waals surface area contributed by atoms with E-state index in [-0.39, 0.29) is 25.0 Å². The standard InChI is InChI=1S/C22H23NO6/c1-14-18(27-2)12-15(13-19(14)28-3)22(26)29-11-7-6-10-23-20(24)16-8-4-5-9-17(16)21(23)25/h4-5,8-9,12-13H,6-7,10-11H2,1-3H3. The molecule has 0 bridgehead atoms. The van der Waals surface area contributed by atoms with Gasteiger partial charge in [0.1, 0.15) is 11.5 Å². The summed E-state index contributed by atoms with van der Waals surface area (Å²) in [7, 11) is 3.05. The fourth-order valence-corrected chi connectivity index (χ4v) is 3.27. The van der Waals surface area contributed by atoms with Crippen molar-refractivity contribution in [3.8, 4) is 11.5 Å². The second-order valence-electron chi connectivity index (χ2n) is 6.66. The molecule has 2 aromatic rings. The Morgan fingerprint density at radius 2 is 1.48 bits per heavy atom. The highest BCUT2D eigenvalue weighted by Crippen LogP contribution is 2.29.